The Morgan fingerprint density at radius 2 is 1.04 bits per heavy atom. The molecule has 6 aromatic carbocycles. The highest BCUT2D eigenvalue weighted by atomic mass is 35.5. The summed E-state index contributed by atoms with van der Waals surface area (Å²) in [6.45, 7) is 5.31. The third-order valence-electron chi connectivity index (χ3n) is 11.0. The molecule has 0 unspecified atom stereocenters. The summed E-state index contributed by atoms with van der Waals surface area (Å²) >= 11 is 12.7. The van der Waals surface area contributed by atoms with Gasteiger partial charge in [0.15, 0.2) is 0 Å². The van der Waals surface area contributed by atoms with E-state index in [0.717, 1.165) is 67.7 Å². The topological polar surface area (TPSA) is 108 Å². The Labute approximate surface area is 399 Å². The number of rotatable bonds is 14. The van der Waals surface area contributed by atoms with E-state index in [0.29, 0.717) is 41.1 Å². The van der Waals surface area contributed by atoms with Gasteiger partial charge in [0.25, 0.3) is 5.91 Å². The Morgan fingerprint density at radius 1 is 0.552 bits per heavy atom. The Balaban J connectivity index is 0.000000186. The van der Waals surface area contributed by atoms with E-state index in [1.807, 2.05) is 176 Å². The van der Waals surface area contributed by atoms with Crippen LogP contribution in [0.4, 0.5) is 0 Å². The van der Waals surface area contributed by atoms with Gasteiger partial charge in [0.05, 0.1) is 17.0 Å². The fourth-order valence-corrected chi connectivity index (χ4v) is 8.01. The smallest absolute Gasteiger partial charge is 0.335 e. The van der Waals surface area contributed by atoms with Crippen LogP contribution in [0.2, 0.25) is 10.0 Å². The molecule has 0 saturated carbocycles. The van der Waals surface area contributed by atoms with Gasteiger partial charge in [-0.05, 0) is 134 Å². The minimum Gasteiger partial charge on any atom is -0.488 e. The number of carboxylic acids is 1. The molecule has 0 saturated heterocycles. The number of nitrogens with one attached hydrogen (secondary N) is 1. The Kier molecular flexibility index (Phi) is 14.6. The minimum absolute atomic E-state index is 0.147. The summed E-state index contributed by atoms with van der Waals surface area (Å²) in [6, 6.07) is 57.5. The first-order chi connectivity index (χ1) is 32.6. The lowest BCUT2D eigenvalue weighted by atomic mass is 10.1. The summed E-state index contributed by atoms with van der Waals surface area (Å²) in [6.07, 6.45) is 3.46. The number of carboxylic acid groups (broad SMARTS) is 1. The second-order valence-corrected chi connectivity index (χ2v) is 16.5. The quantitative estimate of drug-likeness (QED) is 0.112. The van der Waals surface area contributed by atoms with E-state index in [1.54, 1.807) is 36.7 Å². The number of hydrogen-bond donors (Lipinski definition) is 2. The molecule has 334 valence electrons. The highest BCUT2D eigenvalue weighted by molar-refractivity contribution is 6.31. The lowest BCUT2D eigenvalue weighted by Crippen LogP contribution is -2.23. The van der Waals surface area contributed by atoms with Gasteiger partial charge < -0.3 is 29.0 Å². The predicted molar refractivity (Wildman–Crippen MR) is 266 cm³/mol. The first-order valence-corrected chi connectivity index (χ1v) is 22.3. The van der Waals surface area contributed by atoms with Crippen molar-refractivity contribution in [2.24, 2.45) is 0 Å². The van der Waals surface area contributed by atoms with Gasteiger partial charge in [-0.2, -0.15) is 0 Å². The summed E-state index contributed by atoms with van der Waals surface area (Å²) in [4.78, 5) is 28.5. The van der Waals surface area contributed by atoms with Crippen LogP contribution in [0.1, 0.15) is 48.8 Å². The molecule has 0 aliphatic rings. The molecule has 9 rings (SSSR count). The molecule has 11 heteroatoms. The summed E-state index contributed by atoms with van der Waals surface area (Å²) in [5.41, 5.74) is 11.1. The minimum atomic E-state index is -0.960. The number of carbonyl (C=O) groups excluding carboxylic acids is 1. The first kappa shape index (κ1) is 45.7. The van der Waals surface area contributed by atoms with Crippen LogP contribution in [0.25, 0.3) is 33.9 Å². The van der Waals surface area contributed by atoms with Crippen molar-refractivity contribution in [3.63, 3.8) is 0 Å². The third kappa shape index (κ3) is 11.3. The molecule has 2 N–H and O–H groups in total. The van der Waals surface area contributed by atoms with Gasteiger partial charge in [0.2, 0.25) is 0 Å². The van der Waals surface area contributed by atoms with Crippen LogP contribution < -0.4 is 14.8 Å². The Hall–Kier alpha value is -7.85. The number of pyridine rings is 1. The number of aromatic nitrogens is 3. The number of benzene rings is 6. The summed E-state index contributed by atoms with van der Waals surface area (Å²) in [7, 11) is 0. The van der Waals surface area contributed by atoms with Crippen molar-refractivity contribution >= 4 is 35.1 Å². The number of aromatic carboxylic acids is 1. The van der Waals surface area contributed by atoms with E-state index in [2.05, 4.69) is 14.9 Å². The number of amides is 1. The molecule has 0 fully saturated rings. The van der Waals surface area contributed by atoms with Crippen molar-refractivity contribution < 1.29 is 24.2 Å². The van der Waals surface area contributed by atoms with Crippen LogP contribution in [0.3, 0.4) is 0 Å². The molecule has 0 spiro atoms. The largest absolute Gasteiger partial charge is 0.488 e. The van der Waals surface area contributed by atoms with Gasteiger partial charge in [0, 0.05) is 68.4 Å². The van der Waals surface area contributed by atoms with Gasteiger partial charge >= 0.3 is 5.97 Å². The second kappa shape index (κ2) is 21.4. The molecular formula is C56H46Cl2N4O5. The average molecular weight is 926 g/mol. The molecule has 3 aromatic heterocycles. The standard InChI is InChI=1S/C31H26ClN3O2.C25H20ClNO3/c1-22-12-14-29(28-18-26(32)13-15-30(28)37-21-23-7-3-2-4-8-23)35(22)27-11-5-10-25(17-27)31(36)34-20-24-9-6-16-33-19-24;1-17-10-12-23(27(17)21-9-5-8-19(14-21)25(28)29)22-15-20(26)11-13-24(22)30-16-18-6-3-2-4-7-18/h2-19H,20-21H2,1H3,(H,34,36);2-15H,16H2,1H3,(H,28,29). The number of hydrogen-bond acceptors (Lipinski definition) is 5. The van der Waals surface area contributed by atoms with E-state index >= 15 is 0 Å². The molecule has 0 atom stereocenters. The molecule has 67 heavy (non-hydrogen) atoms. The van der Waals surface area contributed by atoms with E-state index in [4.69, 9.17) is 32.7 Å². The zero-order valence-electron chi connectivity index (χ0n) is 36.8. The van der Waals surface area contributed by atoms with Crippen molar-refractivity contribution in [1.29, 1.82) is 0 Å². The number of aryl methyl sites for hydroxylation is 2. The lowest BCUT2D eigenvalue weighted by Gasteiger charge is -2.17. The van der Waals surface area contributed by atoms with E-state index in [9.17, 15) is 14.7 Å². The van der Waals surface area contributed by atoms with Crippen LogP contribution >= 0.6 is 23.2 Å². The van der Waals surface area contributed by atoms with E-state index in [-0.39, 0.29) is 11.5 Å². The molecule has 0 bridgehead atoms. The van der Waals surface area contributed by atoms with E-state index in [1.165, 1.54) is 0 Å². The average Bonchev–Trinajstić information content (AvgIpc) is 3.95. The van der Waals surface area contributed by atoms with Gasteiger partial charge in [-0.1, -0.05) is 102 Å². The van der Waals surface area contributed by atoms with Gasteiger partial charge in [-0.25, -0.2) is 4.79 Å². The summed E-state index contributed by atoms with van der Waals surface area (Å²) in [5.74, 6) is 0.333. The number of ether oxygens (including phenoxy) is 2. The first-order valence-electron chi connectivity index (χ1n) is 21.5. The summed E-state index contributed by atoms with van der Waals surface area (Å²) in [5, 5.41) is 13.6. The fourth-order valence-electron chi connectivity index (χ4n) is 7.66. The van der Waals surface area contributed by atoms with Crippen LogP contribution in [-0.2, 0) is 19.8 Å². The SMILES string of the molecule is Cc1ccc(-c2cc(Cl)ccc2OCc2ccccc2)n1-c1cccc(C(=O)NCc2cccnc2)c1.Cc1ccc(-c2cc(Cl)ccc2OCc2ccccc2)n1-c1cccc(C(=O)O)c1. The van der Waals surface area contributed by atoms with Crippen LogP contribution in [0.15, 0.2) is 194 Å². The van der Waals surface area contributed by atoms with Crippen molar-refractivity contribution in [3.8, 4) is 45.4 Å². The third-order valence-corrected chi connectivity index (χ3v) is 11.4. The molecule has 0 aliphatic carbocycles. The Morgan fingerprint density at radius 3 is 1.54 bits per heavy atom. The van der Waals surface area contributed by atoms with Gasteiger partial charge in [-0.15, -0.1) is 0 Å². The van der Waals surface area contributed by atoms with Crippen molar-refractivity contribution in [3.05, 3.63) is 244 Å². The van der Waals surface area contributed by atoms with Gasteiger partial charge in [0.1, 0.15) is 24.7 Å². The maximum atomic E-state index is 12.9. The molecule has 0 aliphatic heterocycles. The number of carbonyl (C=O) groups is 2. The molecule has 9 nitrogen and oxygen atoms in total. The Bertz CT molecular complexity index is 3130. The highest BCUT2D eigenvalue weighted by Gasteiger charge is 2.18. The molecular weight excluding hydrogens is 880 g/mol. The van der Waals surface area contributed by atoms with Crippen molar-refractivity contribution in [2.45, 2.75) is 33.6 Å². The zero-order chi connectivity index (χ0) is 46.7. The van der Waals surface area contributed by atoms with Crippen molar-refractivity contribution in [2.75, 3.05) is 0 Å². The summed E-state index contributed by atoms with van der Waals surface area (Å²) < 4.78 is 16.5. The lowest BCUT2D eigenvalue weighted by molar-refractivity contribution is 0.0696. The monoisotopic (exact) mass is 924 g/mol. The molecule has 3 heterocycles. The molecule has 1 amide bonds. The number of halogens is 2. The fraction of sp³-hybridized carbons (Fsp3) is 0.0893. The van der Waals surface area contributed by atoms with Crippen LogP contribution in [0.5, 0.6) is 11.5 Å². The van der Waals surface area contributed by atoms with Crippen LogP contribution in [-0.4, -0.2) is 31.1 Å². The normalized spacial score (nSPS) is 10.7. The highest BCUT2D eigenvalue weighted by Crippen LogP contribution is 2.38. The molecule has 0 radical (unpaired) electrons. The predicted octanol–water partition coefficient (Wildman–Crippen LogP) is 13.4. The van der Waals surface area contributed by atoms with Gasteiger partial charge in [-0.3, -0.25) is 9.78 Å². The van der Waals surface area contributed by atoms with E-state index < -0.39 is 5.97 Å². The zero-order valence-corrected chi connectivity index (χ0v) is 38.3. The molecule has 9 aromatic rings. The number of nitrogens with zero attached hydrogens (tertiary/aromatic N) is 3. The maximum absolute atomic E-state index is 12.9. The van der Waals surface area contributed by atoms with Crippen LogP contribution in [0, 0.1) is 13.8 Å². The maximum Gasteiger partial charge on any atom is 0.335 e. The van der Waals surface area contributed by atoms with Crippen molar-refractivity contribution in [1.82, 2.24) is 19.4 Å². The second-order valence-electron chi connectivity index (χ2n) is 15.7.